The van der Waals surface area contributed by atoms with Gasteiger partial charge in [-0.25, -0.2) is 9.97 Å². The summed E-state index contributed by atoms with van der Waals surface area (Å²) in [5.74, 6) is 2.05. The minimum absolute atomic E-state index is 0.582. The first-order valence-corrected chi connectivity index (χ1v) is 14.2. The molecule has 204 valence electrons. The minimum Gasteiger partial charge on any atom is -0.493 e. The molecule has 6 aromatic rings. The van der Waals surface area contributed by atoms with E-state index in [4.69, 9.17) is 13.6 Å². The van der Waals surface area contributed by atoms with Crippen molar-refractivity contribution in [2.24, 2.45) is 0 Å². The summed E-state index contributed by atoms with van der Waals surface area (Å²) in [6.45, 7) is 2.91. The average molecular weight is 541 g/mol. The van der Waals surface area contributed by atoms with Crippen LogP contribution in [0.25, 0.3) is 57.6 Å². The van der Waals surface area contributed by atoms with E-state index in [1.54, 1.807) is 0 Å². The Kier molecular flexibility index (Phi) is 8.04. The molecule has 0 unspecified atom stereocenters. The van der Waals surface area contributed by atoms with Gasteiger partial charge in [0.25, 0.3) is 0 Å². The van der Waals surface area contributed by atoms with Gasteiger partial charge >= 0.3 is 0 Å². The van der Waals surface area contributed by atoms with Crippen molar-refractivity contribution in [1.82, 2.24) is 9.97 Å². The predicted octanol–water partition coefficient (Wildman–Crippen LogP) is 9.94. The first-order valence-electron chi connectivity index (χ1n) is 14.2. The Bertz CT molecular complexity index is 1740. The molecular formula is C36H32N2O3. The van der Waals surface area contributed by atoms with E-state index in [9.17, 15) is 0 Å². The third-order valence-corrected chi connectivity index (χ3v) is 6.94. The molecule has 5 nitrogen and oxygen atoms in total. The van der Waals surface area contributed by atoms with E-state index in [2.05, 4.69) is 59.4 Å². The average Bonchev–Trinajstić information content (AvgIpc) is 3.63. The van der Waals surface area contributed by atoms with Crippen LogP contribution in [-0.2, 0) is 0 Å². The first-order chi connectivity index (χ1) is 20.2. The molecule has 2 heterocycles. The summed E-state index contributed by atoms with van der Waals surface area (Å²) in [4.78, 5) is 9.07. The number of ether oxygens (including phenoxy) is 1. The van der Waals surface area contributed by atoms with Crippen LogP contribution >= 0.6 is 0 Å². The number of nitrogens with zero attached hydrogens (tertiary/aromatic N) is 2. The molecule has 0 saturated carbocycles. The van der Waals surface area contributed by atoms with Gasteiger partial charge < -0.3 is 13.6 Å². The molecule has 0 fully saturated rings. The molecule has 0 aliphatic carbocycles. The van der Waals surface area contributed by atoms with Crippen molar-refractivity contribution in [3.05, 3.63) is 114 Å². The van der Waals surface area contributed by atoms with Gasteiger partial charge in [-0.2, -0.15) is 0 Å². The smallest absolute Gasteiger partial charge is 0.220 e. The summed E-state index contributed by atoms with van der Waals surface area (Å²) in [6.07, 6.45) is 12.5. The van der Waals surface area contributed by atoms with Gasteiger partial charge in [0.2, 0.25) is 11.8 Å². The number of unbranched alkanes of at least 4 members (excludes halogenated alkanes) is 3. The number of benzene rings is 4. The molecular weight excluding hydrogens is 508 g/mol. The van der Waals surface area contributed by atoms with Crippen molar-refractivity contribution in [2.45, 2.75) is 32.6 Å². The molecule has 6 rings (SSSR count). The molecule has 41 heavy (non-hydrogen) atoms. The molecule has 0 saturated heterocycles. The molecule has 0 spiro atoms. The molecule has 2 aromatic heterocycles. The summed E-state index contributed by atoms with van der Waals surface area (Å²) in [5, 5.41) is 0. The van der Waals surface area contributed by atoms with E-state index in [0.29, 0.717) is 18.4 Å². The lowest BCUT2D eigenvalue weighted by Gasteiger charge is -2.13. The SMILES string of the molecule is CCCCCCOc1cc(/C=C/c2nc3ccccc3o2)ccc1-c1ccc(/C=C/c2nc3ccccc3o2)cc1. The summed E-state index contributed by atoms with van der Waals surface area (Å²) in [6, 6.07) is 30.3. The fraction of sp³-hybridized carbons (Fsp3) is 0.167. The number of hydrogen-bond acceptors (Lipinski definition) is 5. The van der Waals surface area contributed by atoms with Crippen molar-refractivity contribution in [3.8, 4) is 16.9 Å². The zero-order valence-corrected chi connectivity index (χ0v) is 23.1. The van der Waals surface area contributed by atoms with Crippen molar-refractivity contribution >= 4 is 46.5 Å². The lowest BCUT2D eigenvalue weighted by Crippen LogP contribution is -1.99. The van der Waals surface area contributed by atoms with Crippen molar-refractivity contribution in [1.29, 1.82) is 0 Å². The third-order valence-electron chi connectivity index (χ3n) is 6.94. The van der Waals surface area contributed by atoms with Gasteiger partial charge in [-0.3, -0.25) is 0 Å². The zero-order valence-electron chi connectivity index (χ0n) is 23.1. The van der Waals surface area contributed by atoms with Gasteiger partial charge in [-0.1, -0.05) is 86.8 Å². The summed E-state index contributed by atoms with van der Waals surface area (Å²) < 4.78 is 18.0. The van der Waals surface area contributed by atoms with Crippen LogP contribution in [0.1, 0.15) is 55.5 Å². The van der Waals surface area contributed by atoms with Crippen LogP contribution in [-0.4, -0.2) is 16.6 Å². The van der Waals surface area contributed by atoms with Crippen molar-refractivity contribution in [2.75, 3.05) is 6.61 Å². The van der Waals surface area contributed by atoms with E-state index < -0.39 is 0 Å². The number of rotatable bonds is 11. The van der Waals surface area contributed by atoms with Crippen LogP contribution in [0.15, 0.2) is 99.8 Å². The Morgan fingerprint density at radius 3 is 1.88 bits per heavy atom. The molecule has 0 radical (unpaired) electrons. The van der Waals surface area contributed by atoms with E-state index >= 15 is 0 Å². The Balaban J connectivity index is 1.21. The molecule has 0 amide bonds. The van der Waals surface area contributed by atoms with Gasteiger partial charge in [-0.15, -0.1) is 0 Å². The minimum atomic E-state index is 0.582. The zero-order chi connectivity index (χ0) is 27.9. The quantitative estimate of drug-likeness (QED) is 0.153. The van der Waals surface area contributed by atoms with E-state index in [-0.39, 0.29) is 0 Å². The lowest BCUT2D eigenvalue weighted by atomic mass is 10.0. The Hall–Kier alpha value is -4.90. The molecule has 0 aliphatic heterocycles. The van der Waals surface area contributed by atoms with Crippen molar-refractivity contribution < 1.29 is 13.6 Å². The second kappa shape index (κ2) is 12.5. The highest BCUT2D eigenvalue weighted by Gasteiger charge is 2.09. The normalized spacial score (nSPS) is 11.8. The topological polar surface area (TPSA) is 61.3 Å². The van der Waals surface area contributed by atoms with Gasteiger partial charge in [0, 0.05) is 17.7 Å². The second-order valence-corrected chi connectivity index (χ2v) is 9.99. The standard InChI is InChI=1S/C36H32N2O3/c1-2-3-4-9-24-39-34-25-27(18-23-36-38-31-11-6-8-13-33(31)41-36)16-21-29(34)28-19-14-26(15-20-28)17-22-35-37-30-10-5-7-12-32(30)40-35/h5-8,10-23,25H,2-4,9,24H2,1H3/b22-17+,23-18+. The lowest BCUT2D eigenvalue weighted by molar-refractivity contribution is 0.306. The van der Waals surface area contributed by atoms with Gasteiger partial charge in [0.1, 0.15) is 16.8 Å². The Labute approximate surface area is 239 Å². The highest BCUT2D eigenvalue weighted by atomic mass is 16.5. The van der Waals surface area contributed by atoms with Crippen molar-refractivity contribution in [3.63, 3.8) is 0 Å². The number of para-hydroxylation sites is 4. The van der Waals surface area contributed by atoms with Crippen LogP contribution in [0.3, 0.4) is 0 Å². The van der Waals surface area contributed by atoms with Crippen LogP contribution < -0.4 is 4.74 Å². The molecule has 0 N–H and O–H groups in total. The third kappa shape index (κ3) is 6.47. The fourth-order valence-electron chi connectivity index (χ4n) is 4.74. The largest absolute Gasteiger partial charge is 0.493 e. The van der Waals surface area contributed by atoms with Gasteiger partial charge in [-0.05, 0) is 65.6 Å². The maximum atomic E-state index is 6.34. The Morgan fingerprint density at radius 2 is 1.24 bits per heavy atom. The summed E-state index contributed by atoms with van der Waals surface area (Å²) >= 11 is 0. The monoisotopic (exact) mass is 540 g/mol. The van der Waals surface area contributed by atoms with Crippen LogP contribution in [0.4, 0.5) is 0 Å². The van der Waals surface area contributed by atoms with Crippen LogP contribution in [0.5, 0.6) is 5.75 Å². The fourth-order valence-corrected chi connectivity index (χ4v) is 4.74. The molecule has 0 bridgehead atoms. The molecule has 0 atom stereocenters. The molecule has 0 aliphatic rings. The van der Waals surface area contributed by atoms with Crippen LogP contribution in [0.2, 0.25) is 0 Å². The second-order valence-electron chi connectivity index (χ2n) is 9.99. The van der Waals surface area contributed by atoms with Gasteiger partial charge in [0.15, 0.2) is 11.2 Å². The summed E-state index contributed by atoms with van der Waals surface area (Å²) in [5.41, 5.74) is 7.54. The van der Waals surface area contributed by atoms with E-state index in [1.807, 2.05) is 72.8 Å². The number of fused-ring (bicyclic) bond motifs is 2. The summed E-state index contributed by atoms with van der Waals surface area (Å²) in [7, 11) is 0. The molecule has 4 aromatic carbocycles. The maximum absolute atomic E-state index is 6.34. The van der Waals surface area contributed by atoms with E-state index in [1.165, 1.54) is 19.3 Å². The first kappa shape index (κ1) is 26.3. The van der Waals surface area contributed by atoms with Crippen LogP contribution in [0, 0.1) is 0 Å². The van der Waals surface area contributed by atoms with Gasteiger partial charge in [0.05, 0.1) is 6.61 Å². The Morgan fingerprint density at radius 1 is 0.634 bits per heavy atom. The van der Waals surface area contributed by atoms with E-state index in [0.717, 1.165) is 56.6 Å². The number of hydrogen-bond donors (Lipinski definition) is 0. The predicted molar refractivity (Wildman–Crippen MR) is 167 cm³/mol. The molecule has 5 heteroatoms. The maximum Gasteiger partial charge on any atom is 0.220 e. The number of aromatic nitrogens is 2. The highest BCUT2D eigenvalue weighted by Crippen LogP contribution is 2.32. The number of oxazole rings is 2. The highest BCUT2D eigenvalue weighted by molar-refractivity contribution is 5.79.